The van der Waals surface area contributed by atoms with Crippen LogP contribution in [0.25, 0.3) is 0 Å². The van der Waals surface area contributed by atoms with Gasteiger partial charge in [-0.2, -0.15) is 4.31 Å². The Morgan fingerprint density at radius 1 is 1.45 bits per heavy atom. The Balaban J connectivity index is 3.16. The highest BCUT2D eigenvalue weighted by Gasteiger charge is 2.24. The van der Waals surface area contributed by atoms with Gasteiger partial charge in [0.05, 0.1) is 16.4 Å². The van der Waals surface area contributed by atoms with Crippen molar-refractivity contribution < 1.29 is 13.3 Å². The molecule has 0 spiro atoms. The van der Waals surface area contributed by atoms with Crippen LogP contribution in [-0.2, 0) is 10.0 Å². The number of terminal acetylenes is 1. The summed E-state index contributed by atoms with van der Waals surface area (Å²) < 4.78 is 25.8. The smallest absolute Gasteiger partial charge is 0.258 e. The van der Waals surface area contributed by atoms with Crippen LogP contribution in [0.3, 0.4) is 0 Å². The van der Waals surface area contributed by atoms with E-state index in [1.165, 1.54) is 12.1 Å². The lowest BCUT2D eigenvalue weighted by atomic mass is 10.3. The van der Waals surface area contributed by atoms with Crippen LogP contribution < -0.4 is 0 Å². The first-order valence-corrected chi connectivity index (χ1v) is 7.05. The lowest BCUT2D eigenvalue weighted by molar-refractivity contribution is -0.384. The summed E-state index contributed by atoms with van der Waals surface area (Å²) in [5.74, 6) is 2.28. The minimum absolute atomic E-state index is 0.0420. The molecule has 0 radical (unpaired) electrons. The van der Waals surface area contributed by atoms with E-state index in [1.807, 2.05) is 0 Å². The summed E-state index contributed by atoms with van der Waals surface area (Å²) in [4.78, 5) is 9.92. The van der Waals surface area contributed by atoms with Gasteiger partial charge in [-0.15, -0.1) is 6.42 Å². The standard InChI is InChI=1S/C13H14N2O4S/c1-4-9-14(10-11(2)3)20(18,19)13-7-5-12(6-8-13)15(16)17/h1,5-8H,2,9-10H2,3H3. The molecule has 0 aliphatic heterocycles. The normalized spacial score (nSPS) is 11.1. The third-order valence-corrected chi connectivity index (χ3v) is 4.21. The summed E-state index contributed by atoms with van der Waals surface area (Å²) in [6.07, 6.45) is 5.17. The first kappa shape index (κ1) is 15.9. The molecule has 0 unspecified atom stereocenters. The van der Waals surface area contributed by atoms with Gasteiger partial charge >= 0.3 is 0 Å². The van der Waals surface area contributed by atoms with E-state index in [1.54, 1.807) is 6.92 Å². The lowest BCUT2D eigenvalue weighted by Gasteiger charge is -2.19. The third-order valence-electron chi connectivity index (χ3n) is 2.40. The van der Waals surface area contributed by atoms with Gasteiger partial charge in [0.25, 0.3) is 5.69 Å². The van der Waals surface area contributed by atoms with Crippen molar-refractivity contribution in [2.24, 2.45) is 0 Å². The zero-order valence-corrected chi connectivity index (χ0v) is 11.8. The minimum Gasteiger partial charge on any atom is -0.258 e. The third kappa shape index (κ3) is 3.66. The Morgan fingerprint density at radius 3 is 2.40 bits per heavy atom. The molecule has 1 aromatic carbocycles. The molecule has 0 aliphatic carbocycles. The molecule has 0 atom stereocenters. The van der Waals surface area contributed by atoms with Gasteiger partial charge in [0.2, 0.25) is 10.0 Å². The van der Waals surface area contributed by atoms with Crippen molar-refractivity contribution in [3.05, 3.63) is 46.5 Å². The Bertz CT molecular complexity index is 657. The van der Waals surface area contributed by atoms with Crippen LogP contribution in [0.5, 0.6) is 0 Å². The second kappa shape index (κ2) is 6.32. The number of sulfonamides is 1. The summed E-state index contributed by atoms with van der Waals surface area (Å²) in [5, 5.41) is 10.6. The highest BCUT2D eigenvalue weighted by Crippen LogP contribution is 2.20. The fourth-order valence-corrected chi connectivity index (χ4v) is 2.93. The molecule has 7 heteroatoms. The average Bonchev–Trinajstić information content (AvgIpc) is 2.37. The number of nitrogens with zero attached hydrogens (tertiary/aromatic N) is 2. The van der Waals surface area contributed by atoms with Crippen LogP contribution in [-0.4, -0.2) is 30.7 Å². The maximum Gasteiger partial charge on any atom is 0.269 e. The molecule has 0 aromatic heterocycles. The molecule has 0 saturated carbocycles. The van der Waals surface area contributed by atoms with Crippen molar-refractivity contribution in [3.8, 4) is 12.3 Å². The SMILES string of the molecule is C#CCN(CC(=C)C)S(=O)(=O)c1ccc([N+](=O)[O-])cc1. The maximum atomic E-state index is 12.4. The molecule has 106 valence electrons. The van der Waals surface area contributed by atoms with Gasteiger partial charge in [-0.3, -0.25) is 10.1 Å². The fourth-order valence-electron chi connectivity index (χ4n) is 1.52. The fraction of sp³-hybridized carbons (Fsp3) is 0.231. The molecular weight excluding hydrogens is 280 g/mol. The monoisotopic (exact) mass is 294 g/mol. The minimum atomic E-state index is -3.79. The van der Waals surface area contributed by atoms with Gasteiger partial charge in [-0.1, -0.05) is 18.1 Å². The van der Waals surface area contributed by atoms with Crippen LogP contribution in [0.15, 0.2) is 41.3 Å². The van der Waals surface area contributed by atoms with Crippen LogP contribution in [0.1, 0.15) is 6.92 Å². The van der Waals surface area contributed by atoms with Crippen molar-refractivity contribution >= 4 is 15.7 Å². The average molecular weight is 294 g/mol. The van der Waals surface area contributed by atoms with Crippen molar-refractivity contribution in [2.75, 3.05) is 13.1 Å². The van der Waals surface area contributed by atoms with E-state index in [-0.39, 0.29) is 23.7 Å². The molecule has 0 fully saturated rings. The predicted octanol–water partition coefficient (Wildman–Crippen LogP) is 1.79. The summed E-state index contributed by atoms with van der Waals surface area (Å²) >= 11 is 0. The highest BCUT2D eigenvalue weighted by molar-refractivity contribution is 7.89. The highest BCUT2D eigenvalue weighted by atomic mass is 32.2. The number of nitro benzene ring substituents is 1. The van der Waals surface area contributed by atoms with Crippen molar-refractivity contribution in [1.82, 2.24) is 4.31 Å². The Morgan fingerprint density at radius 2 is 2.00 bits per heavy atom. The summed E-state index contributed by atoms with van der Waals surface area (Å²) in [6.45, 7) is 5.36. The van der Waals surface area contributed by atoms with Crippen molar-refractivity contribution in [2.45, 2.75) is 11.8 Å². The number of hydrogen-bond donors (Lipinski definition) is 0. The van der Waals surface area contributed by atoms with Gasteiger partial charge in [-0.05, 0) is 19.1 Å². The van der Waals surface area contributed by atoms with Gasteiger partial charge in [0.1, 0.15) is 0 Å². The van der Waals surface area contributed by atoms with Crippen LogP contribution in [0, 0.1) is 22.5 Å². The van der Waals surface area contributed by atoms with E-state index >= 15 is 0 Å². The van der Waals surface area contributed by atoms with E-state index in [4.69, 9.17) is 6.42 Å². The predicted molar refractivity (Wildman–Crippen MR) is 75.5 cm³/mol. The Hall–Kier alpha value is -2.17. The molecule has 20 heavy (non-hydrogen) atoms. The zero-order valence-electron chi connectivity index (χ0n) is 10.9. The second-order valence-electron chi connectivity index (χ2n) is 4.19. The molecule has 1 aromatic rings. The molecule has 1 rings (SSSR count). The molecule has 0 heterocycles. The van der Waals surface area contributed by atoms with Crippen molar-refractivity contribution in [1.29, 1.82) is 0 Å². The first-order valence-electron chi connectivity index (χ1n) is 5.61. The number of non-ortho nitro benzene ring substituents is 1. The summed E-state index contributed by atoms with van der Waals surface area (Å²) in [5.41, 5.74) is 0.470. The molecule has 0 N–H and O–H groups in total. The van der Waals surface area contributed by atoms with Gasteiger partial charge < -0.3 is 0 Å². The van der Waals surface area contributed by atoms with Crippen molar-refractivity contribution in [3.63, 3.8) is 0 Å². The summed E-state index contributed by atoms with van der Waals surface area (Å²) in [7, 11) is -3.79. The largest absolute Gasteiger partial charge is 0.269 e. The zero-order chi connectivity index (χ0) is 15.3. The van der Waals surface area contributed by atoms with Crippen LogP contribution >= 0.6 is 0 Å². The number of rotatable bonds is 6. The van der Waals surface area contributed by atoms with Gasteiger partial charge in [-0.25, -0.2) is 8.42 Å². The summed E-state index contributed by atoms with van der Waals surface area (Å²) in [6, 6.07) is 4.66. The Kier molecular flexibility index (Phi) is 5.02. The van der Waals surface area contributed by atoms with Crippen LogP contribution in [0.2, 0.25) is 0 Å². The van der Waals surface area contributed by atoms with Gasteiger partial charge in [0.15, 0.2) is 0 Å². The number of benzene rings is 1. The quantitative estimate of drug-likeness (QED) is 0.347. The molecule has 0 bridgehead atoms. The van der Waals surface area contributed by atoms with E-state index < -0.39 is 14.9 Å². The van der Waals surface area contributed by atoms with E-state index in [2.05, 4.69) is 12.5 Å². The lowest BCUT2D eigenvalue weighted by Crippen LogP contribution is -2.32. The molecule has 6 nitrogen and oxygen atoms in total. The molecular formula is C13H14N2O4S. The topological polar surface area (TPSA) is 80.5 Å². The van der Waals surface area contributed by atoms with E-state index in [9.17, 15) is 18.5 Å². The van der Waals surface area contributed by atoms with Gasteiger partial charge in [0, 0.05) is 18.7 Å². The van der Waals surface area contributed by atoms with E-state index in [0.29, 0.717) is 5.57 Å². The number of hydrogen-bond acceptors (Lipinski definition) is 4. The first-order chi connectivity index (χ1) is 9.28. The number of nitro groups is 1. The van der Waals surface area contributed by atoms with E-state index in [0.717, 1.165) is 16.4 Å². The molecule has 0 aliphatic rings. The maximum absolute atomic E-state index is 12.4. The second-order valence-corrected chi connectivity index (χ2v) is 6.12. The Labute approximate surface area is 117 Å². The molecule has 0 saturated heterocycles. The van der Waals surface area contributed by atoms with Crippen LogP contribution in [0.4, 0.5) is 5.69 Å². The molecule has 0 amide bonds.